The summed E-state index contributed by atoms with van der Waals surface area (Å²) in [6.07, 6.45) is 1.32. The van der Waals surface area contributed by atoms with Gasteiger partial charge in [0.2, 0.25) is 0 Å². The minimum atomic E-state index is -0.421. The Morgan fingerprint density at radius 2 is 1.94 bits per heavy atom. The maximum absolute atomic E-state index is 12.0. The van der Waals surface area contributed by atoms with Gasteiger partial charge in [0.15, 0.2) is 0 Å². The summed E-state index contributed by atoms with van der Waals surface area (Å²) >= 11 is 0. The molecule has 4 nitrogen and oxygen atoms in total. The summed E-state index contributed by atoms with van der Waals surface area (Å²) in [6, 6.07) is 7.45. The first kappa shape index (κ1) is 11.5. The van der Waals surface area contributed by atoms with Crippen LogP contribution in [0.2, 0.25) is 0 Å². The van der Waals surface area contributed by atoms with Crippen LogP contribution in [0.1, 0.15) is 18.1 Å². The number of hydrogen-bond acceptors (Lipinski definition) is 3. The van der Waals surface area contributed by atoms with Crippen LogP contribution in [0.5, 0.6) is 0 Å². The monoisotopic (exact) mass is 231 g/mol. The van der Waals surface area contributed by atoms with Crippen LogP contribution in [0, 0.1) is 6.92 Å². The summed E-state index contributed by atoms with van der Waals surface area (Å²) in [5.41, 5.74) is 2.12. The van der Waals surface area contributed by atoms with Gasteiger partial charge in [0.1, 0.15) is 0 Å². The summed E-state index contributed by atoms with van der Waals surface area (Å²) in [4.78, 5) is 28.5. The molecule has 2 amide bonds. The molecule has 88 valence electrons. The second kappa shape index (κ2) is 4.51. The molecule has 0 saturated heterocycles. The Bertz CT molecular complexity index is 505. The van der Waals surface area contributed by atoms with Crippen LogP contribution in [-0.2, 0) is 14.4 Å². The topological polar surface area (TPSA) is 46.6 Å². The molecule has 0 fully saturated rings. The molecule has 0 bridgehead atoms. The zero-order valence-corrected chi connectivity index (χ0v) is 9.77. The lowest BCUT2D eigenvalue weighted by molar-refractivity contribution is -0.183. The zero-order chi connectivity index (χ0) is 12.4. The number of imide groups is 1. The molecule has 1 heterocycles. The third kappa shape index (κ3) is 1.99. The average molecular weight is 231 g/mol. The van der Waals surface area contributed by atoms with E-state index in [0.717, 1.165) is 16.2 Å². The highest BCUT2D eigenvalue weighted by molar-refractivity contribution is 6.32. The van der Waals surface area contributed by atoms with Crippen molar-refractivity contribution in [3.63, 3.8) is 0 Å². The number of aryl methyl sites for hydroxylation is 1. The van der Waals surface area contributed by atoms with Crippen molar-refractivity contribution in [1.82, 2.24) is 5.06 Å². The largest absolute Gasteiger partial charge is 0.285 e. The highest BCUT2D eigenvalue weighted by Gasteiger charge is 2.33. The number of hydroxylamine groups is 2. The molecule has 0 spiro atoms. The van der Waals surface area contributed by atoms with Crippen molar-refractivity contribution < 1.29 is 14.4 Å². The summed E-state index contributed by atoms with van der Waals surface area (Å²) < 4.78 is 0. The SMILES string of the molecule is CCON1C(=O)C=C(c2ccccc2C)C1=O. The van der Waals surface area contributed by atoms with E-state index in [1.165, 1.54) is 6.08 Å². The molecular formula is C13H13NO3. The third-order valence-corrected chi connectivity index (χ3v) is 2.58. The predicted molar refractivity (Wildman–Crippen MR) is 62.6 cm³/mol. The Kier molecular flexibility index (Phi) is 3.06. The van der Waals surface area contributed by atoms with Gasteiger partial charge in [-0.05, 0) is 25.0 Å². The molecule has 0 aromatic heterocycles. The zero-order valence-electron chi connectivity index (χ0n) is 9.77. The first-order valence-corrected chi connectivity index (χ1v) is 5.44. The van der Waals surface area contributed by atoms with Crippen LogP contribution in [0.15, 0.2) is 30.3 Å². The lowest BCUT2D eigenvalue weighted by Crippen LogP contribution is -2.31. The molecule has 4 heteroatoms. The van der Waals surface area contributed by atoms with Gasteiger partial charge in [-0.15, -0.1) is 5.06 Å². The molecule has 0 aliphatic carbocycles. The summed E-state index contributed by atoms with van der Waals surface area (Å²) in [6.45, 7) is 3.91. The fourth-order valence-electron chi connectivity index (χ4n) is 1.77. The van der Waals surface area contributed by atoms with E-state index < -0.39 is 11.8 Å². The van der Waals surface area contributed by atoms with Gasteiger partial charge in [-0.3, -0.25) is 14.4 Å². The fraction of sp³-hybridized carbons (Fsp3) is 0.231. The number of rotatable bonds is 3. The standard InChI is InChI=1S/C13H13NO3/c1-3-17-14-12(15)8-11(13(14)16)10-7-5-4-6-9(10)2/h4-8H,3H2,1-2H3. The number of amides is 2. The van der Waals surface area contributed by atoms with Crippen LogP contribution >= 0.6 is 0 Å². The second-order valence-electron chi connectivity index (χ2n) is 3.73. The van der Waals surface area contributed by atoms with E-state index in [0.29, 0.717) is 5.57 Å². The van der Waals surface area contributed by atoms with Crippen molar-refractivity contribution in [1.29, 1.82) is 0 Å². The van der Waals surface area contributed by atoms with Gasteiger partial charge >= 0.3 is 0 Å². The number of hydrogen-bond donors (Lipinski definition) is 0. The van der Waals surface area contributed by atoms with E-state index >= 15 is 0 Å². The van der Waals surface area contributed by atoms with Gasteiger partial charge in [-0.25, -0.2) is 0 Å². The minimum Gasteiger partial charge on any atom is -0.267 e. The number of carbonyl (C=O) groups is 2. The van der Waals surface area contributed by atoms with Gasteiger partial charge in [0.05, 0.1) is 12.2 Å². The Labute approximate surface area is 99.4 Å². The van der Waals surface area contributed by atoms with Gasteiger partial charge in [-0.1, -0.05) is 24.3 Å². The Hall–Kier alpha value is -1.94. The summed E-state index contributed by atoms with van der Waals surface area (Å²) in [5.74, 6) is -0.818. The lowest BCUT2D eigenvalue weighted by atomic mass is 10.0. The maximum Gasteiger partial charge on any atom is 0.285 e. The Morgan fingerprint density at radius 3 is 2.59 bits per heavy atom. The third-order valence-electron chi connectivity index (χ3n) is 2.58. The average Bonchev–Trinajstić information content (AvgIpc) is 2.58. The Balaban J connectivity index is 2.36. The smallest absolute Gasteiger partial charge is 0.267 e. The molecule has 1 aliphatic rings. The van der Waals surface area contributed by atoms with Crippen molar-refractivity contribution in [3.05, 3.63) is 41.5 Å². The maximum atomic E-state index is 12.0. The van der Waals surface area contributed by atoms with Crippen molar-refractivity contribution in [2.75, 3.05) is 6.61 Å². The molecule has 0 saturated carbocycles. The highest BCUT2D eigenvalue weighted by Crippen LogP contribution is 2.25. The first-order chi connectivity index (χ1) is 8.15. The normalized spacial score (nSPS) is 15.4. The quantitative estimate of drug-likeness (QED) is 0.744. The van der Waals surface area contributed by atoms with E-state index in [1.54, 1.807) is 6.92 Å². The summed E-state index contributed by atoms with van der Waals surface area (Å²) in [5, 5.41) is 0.807. The molecule has 1 aliphatic heterocycles. The Morgan fingerprint density at radius 1 is 1.24 bits per heavy atom. The van der Waals surface area contributed by atoms with Crippen molar-refractivity contribution in [3.8, 4) is 0 Å². The molecule has 1 aromatic rings. The molecule has 0 radical (unpaired) electrons. The number of benzene rings is 1. The van der Waals surface area contributed by atoms with Gasteiger partial charge in [-0.2, -0.15) is 0 Å². The minimum absolute atomic E-state index is 0.284. The van der Waals surface area contributed by atoms with Crippen LogP contribution in [0.4, 0.5) is 0 Å². The van der Waals surface area contributed by atoms with E-state index in [4.69, 9.17) is 4.84 Å². The summed E-state index contributed by atoms with van der Waals surface area (Å²) in [7, 11) is 0. The fourth-order valence-corrected chi connectivity index (χ4v) is 1.77. The molecule has 2 rings (SSSR count). The van der Waals surface area contributed by atoms with Crippen LogP contribution in [-0.4, -0.2) is 23.5 Å². The number of nitrogens with zero attached hydrogens (tertiary/aromatic N) is 1. The molecule has 0 unspecified atom stereocenters. The van der Waals surface area contributed by atoms with E-state index in [1.807, 2.05) is 31.2 Å². The van der Waals surface area contributed by atoms with Crippen LogP contribution < -0.4 is 0 Å². The highest BCUT2D eigenvalue weighted by atomic mass is 16.7. The first-order valence-electron chi connectivity index (χ1n) is 5.44. The van der Waals surface area contributed by atoms with E-state index in [2.05, 4.69) is 0 Å². The van der Waals surface area contributed by atoms with E-state index in [-0.39, 0.29) is 6.61 Å². The molecule has 17 heavy (non-hydrogen) atoms. The lowest BCUT2D eigenvalue weighted by Gasteiger charge is -2.13. The van der Waals surface area contributed by atoms with Crippen LogP contribution in [0.3, 0.4) is 0 Å². The van der Waals surface area contributed by atoms with E-state index in [9.17, 15) is 9.59 Å². The van der Waals surface area contributed by atoms with Gasteiger partial charge in [0, 0.05) is 6.08 Å². The number of carbonyl (C=O) groups excluding carboxylic acids is 2. The molecule has 1 aromatic carbocycles. The molecule has 0 N–H and O–H groups in total. The van der Waals surface area contributed by atoms with Crippen LogP contribution in [0.25, 0.3) is 5.57 Å². The predicted octanol–water partition coefficient (Wildman–Crippen LogP) is 1.70. The van der Waals surface area contributed by atoms with Crippen molar-refractivity contribution in [2.24, 2.45) is 0 Å². The van der Waals surface area contributed by atoms with Gasteiger partial charge in [0.25, 0.3) is 11.8 Å². The van der Waals surface area contributed by atoms with Crippen molar-refractivity contribution >= 4 is 17.4 Å². The van der Waals surface area contributed by atoms with Gasteiger partial charge < -0.3 is 0 Å². The molecular weight excluding hydrogens is 218 g/mol. The second-order valence-corrected chi connectivity index (χ2v) is 3.73. The molecule has 0 atom stereocenters. The van der Waals surface area contributed by atoms with Crippen molar-refractivity contribution in [2.45, 2.75) is 13.8 Å².